The van der Waals surface area contributed by atoms with E-state index in [-0.39, 0.29) is 35.1 Å². The van der Waals surface area contributed by atoms with E-state index in [2.05, 4.69) is 42.2 Å². The topological polar surface area (TPSA) is 231 Å². The number of nitrogens with zero attached hydrogens (tertiary/aromatic N) is 8. The molecule has 5 aliphatic rings. The lowest BCUT2D eigenvalue weighted by Gasteiger charge is -2.33. The minimum atomic E-state index is -4.43. The molecular weight excluding hydrogens is 667 g/mol. The second-order valence-corrected chi connectivity index (χ2v) is 16.1. The molecule has 4 N–H and O–H groups in total. The highest BCUT2D eigenvalue weighted by molar-refractivity contribution is 8.44. The van der Waals surface area contributed by atoms with Gasteiger partial charge in [0.15, 0.2) is 29.9 Å². The number of hydrogen-bond acceptors (Lipinski definition) is 16. The van der Waals surface area contributed by atoms with Crippen molar-refractivity contribution in [1.29, 1.82) is 0 Å². The first kappa shape index (κ1) is 30.4. The number of ether oxygens (including phenoxy) is 1. The molecule has 236 valence electrons. The molecule has 1 amide bonds. The Bertz CT molecular complexity index is 1730. The molecule has 7 rings (SSSR count). The average molecular weight is 692 g/mol. The number of thiol groups is 1. The van der Waals surface area contributed by atoms with Crippen molar-refractivity contribution in [3.8, 4) is 0 Å². The molecule has 2 bridgehead atoms. The second kappa shape index (κ2) is 10.9. The summed E-state index contributed by atoms with van der Waals surface area (Å²) in [6.45, 7) is -7.64. The van der Waals surface area contributed by atoms with Crippen molar-refractivity contribution in [2.24, 2.45) is 15.0 Å². The third-order valence-electron chi connectivity index (χ3n) is 7.67. The number of amidine groups is 2. The third-order valence-corrected chi connectivity index (χ3v) is 10.8. The van der Waals surface area contributed by atoms with Gasteiger partial charge < -0.3 is 34.4 Å². The predicted octanol–water partition coefficient (Wildman–Crippen LogP) is 0.287. The number of aliphatic hydroxyl groups is 1. The summed E-state index contributed by atoms with van der Waals surface area (Å²) in [6.07, 6.45) is -6.85. The molecule has 2 saturated heterocycles. The van der Waals surface area contributed by atoms with Gasteiger partial charge in [0.25, 0.3) is 5.91 Å². The van der Waals surface area contributed by atoms with Crippen LogP contribution < -0.4 is 5.73 Å². The SMILES string of the molecule is CC1=NC(=O)C2N=CN([C@@H]3C[C@@H]4OP(=O)(S)O[C@H]5[C@H](F)[C@H](n6cnc7c(N)ncnc76)O[C@@H]5COP(O)(=S)O[C@@H]3[C@@H]4O)C2=N1. The predicted molar refractivity (Wildman–Crippen MR) is 156 cm³/mol. The number of alkyl halides is 1. The summed E-state index contributed by atoms with van der Waals surface area (Å²) < 4.78 is 59.4. The second-order valence-electron chi connectivity index (χ2n) is 10.4. The Morgan fingerprint density at radius 1 is 1.18 bits per heavy atom. The van der Waals surface area contributed by atoms with Gasteiger partial charge in [0.05, 0.1) is 31.4 Å². The zero-order valence-electron chi connectivity index (χ0n) is 22.4. The third kappa shape index (κ3) is 5.23. The molecular formula is C21H24FN9O9P2S2. The van der Waals surface area contributed by atoms with Crippen molar-refractivity contribution in [1.82, 2.24) is 24.4 Å². The Kier molecular flexibility index (Phi) is 7.53. The number of carbonyl (C=O) groups is 1. The van der Waals surface area contributed by atoms with Crippen LogP contribution in [0.4, 0.5) is 10.2 Å². The fourth-order valence-corrected chi connectivity index (χ4v) is 9.06. The van der Waals surface area contributed by atoms with Crippen LogP contribution in [-0.4, -0.2) is 114 Å². The number of anilines is 1. The minimum absolute atomic E-state index is 0.0627. The summed E-state index contributed by atoms with van der Waals surface area (Å²) in [5, 5.41) is 11.2. The van der Waals surface area contributed by atoms with E-state index in [0.717, 1.165) is 0 Å². The number of aliphatic imine (C=N–C) groups is 3. The Morgan fingerprint density at radius 2 is 1.98 bits per heavy atom. The van der Waals surface area contributed by atoms with Gasteiger partial charge in [-0.1, -0.05) is 12.2 Å². The molecule has 0 spiro atoms. The van der Waals surface area contributed by atoms with E-state index in [1.165, 1.54) is 35.4 Å². The van der Waals surface area contributed by atoms with Crippen molar-refractivity contribution < 1.29 is 46.6 Å². The highest BCUT2D eigenvalue weighted by Crippen LogP contribution is 2.60. The Hall–Kier alpha value is -2.29. The molecule has 1 saturated carbocycles. The summed E-state index contributed by atoms with van der Waals surface area (Å²) in [4.78, 5) is 49.3. The summed E-state index contributed by atoms with van der Waals surface area (Å²) in [5.41, 5.74) is 6.21. The van der Waals surface area contributed by atoms with Crippen LogP contribution >= 0.6 is 25.8 Å². The number of halogens is 1. The first-order chi connectivity index (χ1) is 20.8. The normalized spacial score (nSPS) is 42.4. The molecule has 0 aromatic carbocycles. The lowest BCUT2D eigenvalue weighted by molar-refractivity contribution is -0.117. The minimum Gasteiger partial charge on any atom is -0.388 e. The Morgan fingerprint density at radius 3 is 2.77 bits per heavy atom. The van der Waals surface area contributed by atoms with Crippen LogP contribution in [0.15, 0.2) is 27.6 Å². The van der Waals surface area contributed by atoms with E-state index in [1.54, 1.807) is 0 Å². The molecule has 23 heteroatoms. The first-order valence-electron chi connectivity index (χ1n) is 13.1. The van der Waals surface area contributed by atoms with Crippen molar-refractivity contribution in [3.05, 3.63) is 12.7 Å². The van der Waals surface area contributed by atoms with Gasteiger partial charge in [-0.2, -0.15) is 4.99 Å². The molecule has 2 aromatic rings. The number of nitrogens with two attached hydrogens (primary N) is 1. The van der Waals surface area contributed by atoms with E-state index >= 15 is 4.39 Å². The number of amides is 1. The monoisotopic (exact) mass is 691 g/mol. The highest BCUT2D eigenvalue weighted by Gasteiger charge is 2.56. The number of fused-ring (bicyclic) bond motifs is 5. The molecule has 6 heterocycles. The van der Waals surface area contributed by atoms with E-state index < -0.39 is 81.0 Å². The smallest absolute Gasteiger partial charge is 0.386 e. The van der Waals surface area contributed by atoms with Crippen LogP contribution in [0, 0.1) is 0 Å². The van der Waals surface area contributed by atoms with Crippen molar-refractivity contribution in [2.75, 3.05) is 12.3 Å². The van der Waals surface area contributed by atoms with Gasteiger partial charge in [0.1, 0.15) is 47.9 Å². The fraction of sp³-hybridized carbons (Fsp3) is 0.571. The number of aliphatic hydroxyl groups excluding tert-OH is 1. The maximum Gasteiger partial charge on any atom is 0.386 e. The van der Waals surface area contributed by atoms with Gasteiger partial charge in [-0.05, 0) is 18.7 Å². The lowest BCUT2D eigenvalue weighted by atomic mass is 10.1. The molecule has 3 unspecified atom stereocenters. The molecule has 0 radical (unpaired) electrons. The van der Waals surface area contributed by atoms with Crippen molar-refractivity contribution in [2.45, 2.75) is 68.3 Å². The highest BCUT2D eigenvalue weighted by atomic mass is 32.7. The summed E-state index contributed by atoms with van der Waals surface area (Å²) in [6, 6.07) is -1.89. The van der Waals surface area contributed by atoms with E-state index in [0.29, 0.717) is 0 Å². The molecule has 11 atom stereocenters. The first-order valence-corrected chi connectivity index (χ1v) is 18.4. The van der Waals surface area contributed by atoms with Crippen LogP contribution in [-0.2, 0) is 44.0 Å². The number of aromatic nitrogens is 4. The summed E-state index contributed by atoms with van der Waals surface area (Å²) in [5.74, 6) is -0.0627. The van der Waals surface area contributed by atoms with Gasteiger partial charge in [-0.25, -0.2) is 28.9 Å². The summed E-state index contributed by atoms with van der Waals surface area (Å²) in [7, 11) is 0. The van der Waals surface area contributed by atoms with Gasteiger partial charge in [-0.3, -0.25) is 23.4 Å². The maximum atomic E-state index is 16.1. The molecule has 1 aliphatic carbocycles. The molecule has 18 nitrogen and oxygen atoms in total. The van der Waals surface area contributed by atoms with Gasteiger partial charge >= 0.3 is 13.5 Å². The number of nitrogen functional groups attached to an aromatic ring is 1. The fourth-order valence-electron chi connectivity index (χ4n) is 5.76. The van der Waals surface area contributed by atoms with E-state index in [4.69, 9.17) is 40.4 Å². The largest absolute Gasteiger partial charge is 0.388 e. The molecule has 44 heavy (non-hydrogen) atoms. The van der Waals surface area contributed by atoms with E-state index in [1.807, 2.05) is 0 Å². The van der Waals surface area contributed by atoms with Crippen molar-refractivity contribution >= 4 is 78.5 Å². The summed E-state index contributed by atoms with van der Waals surface area (Å²) >= 11 is 9.33. The van der Waals surface area contributed by atoms with Gasteiger partial charge in [0.2, 0.25) is 0 Å². The lowest BCUT2D eigenvalue weighted by Crippen LogP contribution is -2.48. The zero-order valence-corrected chi connectivity index (χ0v) is 25.9. The van der Waals surface area contributed by atoms with Gasteiger partial charge in [0, 0.05) is 6.42 Å². The molecule has 2 aromatic heterocycles. The number of imidazole rings is 1. The van der Waals surface area contributed by atoms with Crippen molar-refractivity contribution in [3.63, 3.8) is 0 Å². The van der Waals surface area contributed by atoms with Crippen LogP contribution in [0.1, 0.15) is 19.6 Å². The zero-order chi connectivity index (χ0) is 31.1. The Labute approximate surface area is 257 Å². The molecule has 4 aliphatic heterocycles. The van der Waals surface area contributed by atoms with Crippen LogP contribution in [0.2, 0.25) is 0 Å². The molecule has 3 fully saturated rings. The number of rotatable bonds is 2. The maximum absolute atomic E-state index is 16.1. The Balaban J connectivity index is 1.19. The average Bonchev–Trinajstić information content (AvgIpc) is 3.70. The van der Waals surface area contributed by atoms with Crippen LogP contribution in [0.3, 0.4) is 0 Å². The van der Waals surface area contributed by atoms with Gasteiger partial charge in [-0.15, -0.1) is 0 Å². The number of hydrogen-bond donors (Lipinski definition) is 4. The quantitative estimate of drug-likeness (QED) is 0.245. The number of carbonyl (C=O) groups excluding carboxylic acids is 1. The van der Waals surface area contributed by atoms with E-state index in [9.17, 15) is 19.4 Å². The standard InChI is InChI=1S/C21H24FN9O9P2S2/c1-7-28-19-13(20(33)29-7)27-5-30(19)8-2-9-14(32)15(8)39-41(34,43)36-3-10-16(40-42(35,44)38-9)11(22)21(37-10)31-6-26-12-17(23)24-4-25-18(12)31/h4-6,8-11,13-16,21,32H,2-3H2,1H3,(H,34,43)(H,35,44)(H2,23,24,25)/t8-,9+,10-,11+,13?,14-,15+,16-,21-,41?,42?/m1/s1. The van der Waals surface area contributed by atoms with Crippen LogP contribution in [0.25, 0.3) is 11.2 Å². The van der Waals surface area contributed by atoms with Crippen LogP contribution in [0.5, 0.6) is 0 Å².